The Balaban J connectivity index is 2.34. The maximum atomic E-state index is 10.8. The highest BCUT2D eigenvalue weighted by Crippen LogP contribution is 2.20. The molecule has 1 aromatic heterocycles. The van der Waals surface area contributed by atoms with E-state index in [1.165, 1.54) is 31.4 Å². The number of hydrazine groups is 1. The van der Waals surface area contributed by atoms with Crippen molar-refractivity contribution in [2.75, 3.05) is 17.3 Å². The minimum atomic E-state index is -0.459. The molecule has 0 aliphatic heterocycles. The second kappa shape index (κ2) is 9.12. The van der Waals surface area contributed by atoms with Gasteiger partial charge in [0.15, 0.2) is 0 Å². The number of nitro groups is 1. The smallest absolute Gasteiger partial charge is 0.276 e. The van der Waals surface area contributed by atoms with Gasteiger partial charge in [-0.2, -0.15) is 0 Å². The molecule has 0 spiro atoms. The largest absolute Gasteiger partial charge is 0.370 e. The molecule has 1 rings (SSSR count). The van der Waals surface area contributed by atoms with E-state index < -0.39 is 4.92 Å². The molecule has 1 aromatic rings. The molecule has 4 N–H and O–H groups in total. The Morgan fingerprint density at radius 1 is 1.24 bits per heavy atom. The number of rotatable bonds is 10. The van der Waals surface area contributed by atoms with Crippen molar-refractivity contribution in [3.05, 3.63) is 22.2 Å². The van der Waals surface area contributed by atoms with Crippen LogP contribution in [0.5, 0.6) is 0 Å². The Hall–Kier alpha value is -1.89. The van der Waals surface area contributed by atoms with Crippen LogP contribution >= 0.6 is 0 Å². The van der Waals surface area contributed by atoms with Crippen molar-refractivity contribution in [2.24, 2.45) is 11.8 Å². The van der Waals surface area contributed by atoms with Crippen LogP contribution in [0.3, 0.4) is 0 Å². The molecule has 7 heteroatoms. The first-order chi connectivity index (χ1) is 10.0. The molecule has 118 valence electrons. The van der Waals surface area contributed by atoms with Crippen LogP contribution in [0.25, 0.3) is 0 Å². The van der Waals surface area contributed by atoms with Gasteiger partial charge in [-0.3, -0.25) is 10.1 Å². The number of pyridine rings is 1. The Kier molecular flexibility index (Phi) is 7.45. The number of unbranched alkanes of at least 4 members (excludes halogenated alkanes) is 3. The highest BCUT2D eigenvalue weighted by molar-refractivity contribution is 5.54. The molecule has 0 aliphatic carbocycles. The summed E-state index contributed by atoms with van der Waals surface area (Å²) >= 11 is 0. The SMILES string of the molecule is CC(C)CCCCCCNc1cc([N+](=O)[O-])cc(NN)n1. The first-order valence-corrected chi connectivity index (χ1v) is 7.40. The Morgan fingerprint density at radius 2 is 1.90 bits per heavy atom. The first-order valence-electron chi connectivity index (χ1n) is 7.40. The zero-order valence-electron chi connectivity index (χ0n) is 12.8. The number of nitrogens with one attached hydrogen (secondary N) is 2. The van der Waals surface area contributed by atoms with E-state index in [1.54, 1.807) is 0 Å². The Morgan fingerprint density at radius 3 is 2.52 bits per heavy atom. The summed E-state index contributed by atoms with van der Waals surface area (Å²) in [6, 6.07) is 2.72. The topological polar surface area (TPSA) is 106 Å². The molecule has 0 fully saturated rings. The van der Waals surface area contributed by atoms with Gasteiger partial charge in [-0.05, 0) is 12.3 Å². The van der Waals surface area contributed by atoms with E-state index in [2.05, 4.69) is 29.6 Å². The fourth-order valence-electron chi connectivity index (χ4n) is 2.03. The molecule has 0 saturated carbocycles. The molecule has 0 radical (unpaired) electrons. The molecule has 0 atom stereocenters. The van der Waals surface area contributed by atoms with Crippen molar-refractivity contribution in [1.82, 2.24) is 4.98 Å². The summed E-state index contributed by atoms with van der Waals surface area (Å²) in [5.41, 5.74) is 2.31. The summed E-state index contributed by atoms with van der Waals surface area (Å²) in [7, 11) is 0. The van der Waals surface area contributed by atoms with Gasteiger partial charge in [-0.1, -0.05) is 39.5 Å². The molecule has 7 nitrogen and oxygen atoms in total. The van der Waals surface area contributed by atoms with Crippen molar-refractivity contribution in [1.29, 1.82) is 0 Å². The van der Waals surface area contributed by atoms with Crippen LogP contribution in [0.4, 0.5) is 17.3 Å². The van der Waals surface area contributed by atoms with Crippen LogP contribution in [0, 0.1) is 16.0 Å². The average Bonchev–Trinajstić information content (AvgIpc) is 2.45. The maximum absolute atomic E-state index is 10.8. The third kappa shape index (κ3) is 6.89. The van der Waals surface area contributed by atoms with Crippen LogP contribution in [0.15, 0.2) is 12.1 Å². The lowest BCUT2D eigenvalue weighted by atomic mass is 10.0. The van der Waals surface area contributed by atoms with Gasteiger partial charge in [0.1, 0.15) is 11.6 Å². The third-order valence-electron chi connectivity index (χ3n) is 3.18. The van der Waals surface area contributed by atoms with Crippen LogP contribution < -0.4 is 16.6 Å². The van der Waals surface area contributed by atoms with Crippen LogP contribution in [0.1, 0.15) is 46.0 Å². The van der Waals surface area contributed by atoms with Gasteiger partial charge < -0.3 is 10.7 Å². The molecule has 21 heavy (non-hydrogen) atoms. The van der Waals surface area contributed by atoms with Crippen molar-refractivity contribution < 1.29 is 4.92 Å². The van der Waals surface area contributed by atoms with Gasteiger partial charge in [0.2, 0.25) is 0 Å². The van der Waals surface area contributed by atoms with E-state index in [-0.39, 0.29) is 11.5 Å². The van der Waals surface area contributed by atoms with Gasteiger partial charge >= 0.3 is 0 Å². The maximum Gasteiger partial charge on any atom is 0.276 e. The summed E-state index contributed by atoms with van der Waals surface area (Å²) in [6.45, 7) is 5.22. The van der Waals surface area contributed by atoms with Crippen LogP contribution in [0.2, 0.25) is 0 Å². The van der Waals surface area contributed by atoms with Crippen molar-refractivity contribution in [3.8, 4) is 0 Å². The van der Waals surface area contributed by atoms with Crippen molar-refractivity contribution >= 4 is 17.3 Å². The summed E-state index contributed by atoms with van der Waals surface area (Å²) < 4.78 is 0. The third-order valence-corrected chi connectivity index (χ3v) is 3.18. The molecule has 0 unspecified atom stereocenters. The Labute approximate surface area is 125 Å². The van der Waals surface area contributed by atoms with Gasteiger partial charge in [-0.25, -0.2) is 10.8 Å². The minimum Gasteiger partial charge on any atom is -0.370 e. The summed E-state index contributed by atoms with van der Waals surface area (Å²) in [5.74, 6) is 6.77. The van der Waals surface area contributed by atoms with E-state index in [4.69, 9.17) is 5.84 Å². The van der Waals surface area contributed by atoms with Gasteiger partial charge in [0, 0.05) is 6.54 Å². The van der Waals surface area contributed by atoms with E-state index in [0.29, 0.717) is 5.82 Å². The quantitative estimate of drug-likeness (QED) is 0.265. The number of aromatic nitrogens is 1. The van der Waals surface area contributed by atoms with E-state index in [9.17, 15) is 10.1 Å². The predicted octanol–water partition coefficient (Wildman–Crippen LogP) is 3.29. The molecule has 0 aliphatic rings. The monoisotopic (exact) mass is 295 g/mol. The zero-order valence-corrected chi connectivity index (χ0v) is 12.8. The fourth-order valence-corrected chi connectivity index (χ4v) is 2.03. The standard InChI is InChI=1S/C14H25N5O2/c1-11(2)7-5-3-4-6-8-16-13-9-12(19(20)21)10-14(17-13)18-15/h9-11H,3-8,15H2,1-2H3,(H2,16,17,18). The number of nitrogen functional groups attached to an aromatic ring is 1. The minimum absolute atomic E-state index is 0.0302. The predicted molar refractivity (Wildman–Crippen MR) is 85.1 cm³/mol. The second-order valence-corrected chi connectivity index (χ2v) is 5.52. The molecule has 0 saturated heterocycles. The number of anilines is 2. The molecule has 0 aromatic carbocycles. The first kappa shape index (κ1) is 17.2. The van der Waals surface area contributed by atoms with Gasteiger partial charge in [-0.15, -0.1) is 0 Å². The summed E-state index contributed by atoms with van der Waals surface area (Å²) in [5, 5.41) is 13.9. The van der Waals surface area contributed by atoms with E-state index in [0.717, 1.165) is 25.3 Å². The molecular formula is C14H25N5O2. The highest BCUT2D eigenvalue weighted by Gasteiger charge is 2.10. The van der Waals surface area contributed by atoms with E-state index >= 15 is 0 Å². The lowest BCUT2D eigenvalue weighted by molar-refractivity contribution is -0.384. The zero-order chi connectivity index (χ0) is 15.7. The fraction of sp³-hybridized carbons (Fsp3) is 0.643. The highest BCUT2D eigenvalue weighted by atomic mass is 16.6. The second-order valence-electron chi connectivity index (χ2n) is 5.52. The average molecular weight is 295 g/mol. The number of hydrogen-bond donors (Lipinski definition) is 3. The Bertz CT molecular complexity index is 451. The number of nitrogens with two attached hydrogens (primary N) is 1. The van der Waals surface area contributed by atoms with Gasteiger partial charge in [0.25, 0.3) is 5.69 Å². The molecule has 1 heterocycles. The van der Waals surface area contributed by atoms with E-state index in [1.807, 2.05) is 0 Å². The number of nitrogens with zero attached hydrogens (tertiary/aromatic N) is 2. The van der Waals surface area contributed by atoms with Crippen LogP contribution in [-0.4, -0.2) is 16.5 Å². The normalized spacial score (nSPS) is 10.7. The molecule has 0 amide bonds. The van der Waals surface area contributed by atoms with Crippen LogP contribution in [-0.2, 0) is 0 Å². The summed E-state index contributed by atoms with van der Waals surface area (Å²) in [4.78, 5) is 14.5. The van der Waals surface area contributed by atoms with Crippen molar-refractivity contribution in [3.63, 3.8) is 0 Å². The lowest BCUT2D eigenvalue weighted by Gasteiger charge is -2.08. The van der Waals surface area contributed by atoms with Crippen molar-refractivity contribution in [2.45, 2.75) is 46.0 Å². The molecule has 0 bridgehead atoms. The lowest BCUT2D eigenvalue weighted by Crippen LogP contribution is -2.11. The van der Waals surface area contributed by atoms with Gasteiger partial charge in [0.05, 0.1) is 17.1 Å². The summed E-state index contributed by atoms with van der Waals surface area (Å²) in [6.07, 6.45) is 5.92. The number of hydrogen-bond acceptors (Lipinski definition) is 6. The molecular weight excluding hydrogens is 270 g/mol.